The molecule has 0 fully saturated rings. The van der Waals surface area contributed by atoms with Crippen LogP contribution < -0.4 is 21.8 Å². The number of rotatable bonds is 14. The minimum atomic E-state index is -0.178. The zero-order valence-corrected chi connectivity index (χ0v) is 42.0. The lowest BCUT2D eigenvalue weighted by atomic mass is 9.82. The minimum absolute atomic E-state index is 0.0186. The van der Waals surface area contributed by atoms with E-state index in [0.29, 0.717) is 59.4 Å². The van der Waals surface area contributed by atoms with Crippen LogP contribution in [0.5, 0.6) is 0 Å². The summed E-state index contributed by atoms with van der Waals surface area (Å²) in [6.07, 6.45) is 9.75. The third kappa shape index (κ3) is 10.2. The molecule has 366 valence electrons. The molecule has 7 heterocycles. The molecule has 5 aromatic heterocycles. The van der Waals surface area contributed by atoms with Gasteiger partial charge in [0.2, 0.25) is 11.9 Å². The Balaban J connectivity index is 0.000000176. The Morgan fingerprint density at radius 3 is 1.75 bits per heavy atom. The van der Waals surface area contributed by atoms with Gasteiger partial charge in [-0.15, -0.1) is 13.2 Å². The van der Waals surface area contributed by atoms with E-state index >= 15 is 0 Å². The van der Waals surface area contributed by atoms with E-state index in [1.165, 1.54) is 27.8 Å². The molecular weight excluding hydrogens is 889 g/mol. The highest BCUT2D eigenvalue weighted by Crippen LogP contribution is 2.30. The van der Waals surface area contributed by atoms with Gasteiger partial charge in [-0.3, -0.25) is 9.59 Å². The van der Waals surface area contributed by atoms with Gasteiger partial charge in [-0.05, 0) is 129 Å². The van der Waals surface area contributed by atoms with Gasteiger partial charge in [0.25, 0.3) is 11.1 Å². The fraction of sp³-hybridized carbons (Fsp3) is 0.327. The Labute approximate surface area is 414 Å². The fourth-order valence-corrected chi connectivity index (χ4v) is 9.32. The molecule has 0 atom stereocenters. The van der Waals surface area contributed by atoms with Gasteiger partial charge in [-0.1, -0.05) is 63.3 Å². The normalized spacial score (nSPS) is 14.0. The van der Waals surface area contributed by atoms with Crippen molar-refractivity contribution in [2.45, 2.75) is 78.2 Å². The summed E-state index contributed by atoms with van der Waals surface area (Å²) in [7, 11) is 8.27. The Morgan fingerprint density at radius 1 is 0.676 bits per heavy atom. The van der Waals surface area contributed by atoms with E-state index in [0.717, 1.165) is 68.2 Å². The molecule has 0 amide bonds. The lowest BCUT2D eigenvalue weighted by molar-refractivity contribution is 0.313. The first-order valence-corrected chi connectivity index (χ1v) is 24.3. The first-order chi connectivity index (χ1) is 34.2. The van der Waals surface area contributed by atoms with Gasteiger partial charge in [0.05, 0.1) is 24.5 Å². The summed E-state index contributed by atoms with van der Waals surface area (Å²) in [5, 5.41) is 7.60. The second-order valence-electron chi connectivity index (χ2n) is 19.5. The quantitative estimate of drug-likeness (QED) is 0.101. The molecular formula is C55H64N14O2. The number of allylic oxidation sites excluding steroid dienone is 2. The van der Waals surface area contributed by atoms with Crippen molar-refractivity contribution in [2.24, 2.45) is 0 Å². The summed E-state index contributed by atoms with van der Waals surface area (Å²) in [4.78, 5) is 56.5. The third-order valence-corrected chi connectivity index (χ3v) is 13.5. The van der Waals surface area contributed by atoms with Crippen molar-refractivity contribution >= 4 is 45.3 Å². The molecule has 0 unspecified atom stereocenters. The lowest BCUT2D eigenvalue weighted by Gasteiger charge is -2.25. The van der Waals surface area contributed by atoms with E-state index in [9.17, 15) is 9.59 Å². The van der Waals surface area contributed by atoms with Crippen LogP contribution in [0.15, 0.2) is 126 Å². The van der Waals surface area contributed by atoms with E-state index < -0.39 is 0 Å². The summed E-state index contributed by atoms with van der Waals surface area (Å²) < 4.78 is 6.91. The molecule has 0 aliphatic carbocycles. The highest BCUT2D eigenvalue weighted by molar-refractivity contribution is 5.78. The van der Waals surface area contributed by atoms with Gasteiger partial charge >= 0.3 is 0 Å². The van der Waals surface area contributed by atoms with Crippen LogP contribution in [-0.2, 0) is 51.0 Å². The summed E-state index contributed by atoms with van der Waals surface area (Å²) in [5.41, 5.74) is 11.0. The number of hydrogen-bond donors (Lipinski definition) is 2. The largest absolute Gasteiger partial charge is 0.324 e. The van der Waals surface area contributed by atoms with Crippen LogP contribution in [0.1, 0.15) is 60.7 Å². The number of pyridine rings is 1. The topological polar surface area (TPSA) is 152 Å². The first kappa shape index (κ1) is 48.5. The number of nitrogens with zero attached hydrogens (tertiary/aromatic N) is 12. The number of hydrogen-bond acceptors (Lipinski definition) is 12. The molecule has 2 aliphatic rings. The molecule has 10 rings (SSSR count). The van der Waals surface area contributed by atoms with Crippen LogP contribution in [0.2, 0.25) is 0 Å². The van der Waals surface area contributed by atoms with Crippen LogP contribution >= 0.6 is 0 Å². The molecule has 0 radical (unpaired) electrons. The van der Waals surface area contributed by atoms with Crippen molar-refractivity contribution in [3.05, 3.63) is 171 Å². The Kier molecular flexibility index (Phi) is 14.0. The Morgan fingerprint density at radius 2 is 1.21 bits per heavy atom. The van der Waals surface area contributed by atoms with E-state index in [4.69, 9.17) is 15.0 Å². The predicted octanol–water partition coefficient (Wildman–Crippen LogP) is 8.14. The molecule has 8 aromatic rings. The Hall–Kier alpha value is -7.53. The van der Waals surface area contributed by atoms with Gasteiger partial charge in [0.1, 0.15) is 10.8 Å². The standard InChI is InChI=1S/C29H34N6O.C26H30N8O/c1-6-14-34-27(36)25-18-30-28(31-23-12-11-20-13-15-33(5)19-21(20)16-23)32-26(25)35(34)24-10-8-9-22(17-24)29(3,4)7-2;1-5-12-33-25(35)22-15-27-26(29-20-10-9-18-11-13-32(4)16-19(18)14-20)30-24(22)34(33)23-8-6-7-21(28-23)17-31(2)3/h6,8-12,16-18H,1,7,13-15,19H2,2-5H3,(H,30,31,32);5-10,14-15H,1,11-13,16-17H2,2-4H3,(H,27,29,30). The van der Waals surface area contributed by atoms with E-state index in [1.807, 2.05) is 49.1 Å². The molecule has 2 aliphatic heterocycles. The monoisotopic (exact) mass is 953 g/mol. The van der Waals surface area contributed by atoms with Crippen molar-refractivity contribution in [3.8, 4) is 11.5 Å². The highest BCUT2D eigenvalue weighted by atomic mass is 16.1. The summed E-state index contributed by atoms with van der Waals surface area (Å²) >= 11 is 0. The number of anilines is 4. The molecule has 0 saturated carbocycles. The molecule has 71 heavy (non-hydrogen) atoms. The molecule has 3 aromatic carbocycles. The smallest absolute Gasteiger partial charge is 0.278 e. The number of likely N-dealkylation sites (N-methyl/N-ethyl adjacent to an activating group) is 2. The molecule has 0 bridgehead atoms. The Bertz CT molecular complexity index is 3400. The number of fused-ring (bicyclic) bond motifs is 4. The van der Waals surface area contributed by atoms with Gasteiger partial charge in [0.15, 0.2) is 17.1 Å². The van der Waals surface area contributed by atoms with Crippen molar-refractivity contribution in [1.82, 2.24) is 58.3 Å². The average Bonchev–Trinajstić information content (AvgIpc) is 3.79. The first-order valence-electron chi connectivity index (χ1n) is 24.3. The van der Waals surface area contributed by atoms with Crippen LogP contribution in [0.25, 0.3) is 33.6 Å². The second-order valence-corrected chi connectivity index (χ2v) is 19.5. The number of nitrogens with one attached hydrogen (secondary N) is 2. The molecule has 16 nitrogen and oxygen atoms in total. The van der Waals surface area contributed by atoms with Crippen LogP contribution in [0.4, 0.5) is 23.3 Å². The second kappa shape index (κ2) is 20.4. The SMILES string of the molecule is C=CCn1c(=O)c2cnc(Nc3ccc4c(c3)CN(C)CC4)nc2n1-c1cccc(C(C)(C)CC)c1.C=CCn1c(=O)c2cnc(Nc3ccc4c(c3)CN(C)CC4)nc2n1-c1cccc(CN(C)C)n1. The highest BCUT2D eigenvalue weighted by Gasteiger charge is 2.23. The van der Waals surface area contributed by atoms with Crippen molar-refractivity contribution < 1.29 is 0 Å². The van der Waals surface area contributed by atoms with Crippen LogP contribution in [-0.4, -0.2) is 99.6 Å². The van der Waals surface area contributed by atoms with Crippen LogP contribution in [0, 0.1) is 0 Å². The average molecular weight is 953 g/mol. The van der Waals surface area contributed by atoms with Gasteiger partial charge in [0, 0.05) is 56.5 Å². The van der Waals surface area contributed by atoms with Gasteiger partial charge in [-0.25, -0.2) is 33.7 Å². The summed E-state index contributed by atoms with van der Waals surface area (Å²) in [5.74, 6) is 1.51. The maximum atomic E-state index is 13.3. The summed E-state index contributed by atoms with van der Waals surface area (Å²) in [6.45, 7) is 19.7. The van der Waals surface area contributed by atoms with Gasteiger partial charge in [-0.2, -0.15) is 9.97 Å². The fourth-order valence-electron chi connectivity index (χ4n) is 9.32. The number of aromatic nitrogens is 9. The third-order valence-electron chi connectivity index (χ3n) is 13.5. The molecule has 2 N–H and O–H groups in total. The van der Waals surface area contributed by atoms with Crippen molar-refractivity contribution in [2.75, 3.05) is 51.9 Å². The van der Waals surface area contributed by atoms with E-state index in [2.05, 4.69) is 132 Å². The minimum Gasteiger partial charge on any atom is -0.324 e. The zero-order chi connectivity index (χ0) is 50.0. The zero-order valence-electron chi connectivity index (χ0n) is 42.0. The van der Waals surface area contributed by atoms with E-state index in [-0.39, 0.29) is 16.5 Å². The summed E-state index contributed by atoms with van der Waals surface area (Å²) in [6, 6.07) is 27.0. The number of benzene rings is 3. The molecule has 16 heteroatoms. The molecule has 0 spiro atoms. The predicted molar refractivity (Wildman–Crippen MR) is 285 cm³/mol. The van der Waals surface area contributed by atoms with Crippen LogP contribution in [0.3, 0.4) is 0 Å². The maximum absolute atomic E-state index is 13.3. The van der Waals surface area contributed by atoms with Crippen molar-refractivity contribution in [3.63, 3.8) is 0 Å². The van der Waals surface area contributed by atoms with Gasteiger partial charge < -0.3 is 25.3 Å². The maximum Gasteiger partial charge on any atom is 0.278 e. The van der Waals surface area contributed by atoms with E-state index in [1.54, 1.807) is 38.6 Å². The van der Waals surface area contributed by atoms with Crippen molar-refractivity contribution in [1.29, 1.82) is 0 Å². The lowest BCUT2D eigenvalue weighted by Crippen LogP contribution is -2.26. The molecule has 0 saturated heterocycles.